The normalized spacial score (nSPS) is 10.5. The first kappa shape index (κ1) is 20.0. The van der Waals surface area contributed by atoms with Gasteiger partial charge in [0, 0.05) is 22.2 Å². The molecule has 0 radical (unpaired) electrons. The van der Waals surface area contributed by atoms with Gasteiger partial charge in [0.05, 0.1) is 18.9 Å². The number of halogens is 2. The van der Waals surface area contributed by atoms with Crippen LogP contribution in [-0.2, 0) is 0 Å². The molecule has 0 amide bonds. The minimum Gasteiger partial charge on any atom is -0.502 e. The van der Waals surface area contributed by atoms with E-state index in [1.54, 1.807) is 36.7 Å². The van der Waals surface area contributed by atoms with Crippen molar-refractivity contribution < 1.29 is 9.84 Å². The highest BCUT2D eigenvalue weighted by molar-refractivity contribution is 9.10. The predicted molar refractivity (Wildman–Crippen MR) is 112 cm³/mol. The number of ether oxygens (including phenoxy) is 1. The molecular weight excluding hydrogens is 496 g/mol. The fourth-order valence-electron chi connectivity index (χ4n) is 2.29. The summed E-state index contributed by atoms with van der Waals surface area (Å²) in [4.78, 5) is 31.0. The van der Waals surface area contributed by atoms with Gasteiger partial charge in [-0.2, -0.15) is 4.98 Å². The molecule has 0 aromatic carbocycles. The molecule has 144 valence electrons. The third kappa shape index (κ3) is 4.57. The van der Waals surface area contributed by atoms with Crippen LogP contribution in [0.5, 0.6) is 11.6 Å². The maximum atomic E-state index is 11.6. The summed E-state index contributed by atoms with van der Waals surface area (Å²) >= 11 is 6.46. The molecule has 0 unspecified atom stereocenters. The molecule has 8 nitrogen and oxygen atoms in total. The van der Waals surface area contributed by atoms with Crippen LogP contribution in [0.2, 0.25) is 0 Å². The summed E-state index contributed by atoms with van der Waals surface area (Å²) in [7, 11) is 0. The van der Waals surface area contributed by atoms with Crippen LogP contribution in [0.25, 0.3) is 11.3 Å². The van der Waals surface area contributed by atoms with Crippen molar-refractivity contribution >= 4 is 43.2 Å². The van der Waals surface area contributed by atoms with Crippen LogP contribution >= 0.6 is 31.9 Å². The van der Waals surface area contributed by atoms with Gasteiger partial charge < -0.3 is 9.84 Å². The smallest absolute Gasteiger partial charge is 0.300 e. The van der Waals surface area contributed by atoms with E-state index in [0.717, 1.165) is 10.7 Å². The van der Waals surface area contributed by atoms with E-state index in [4.69, 9.17) is 9.84 Å². The monoisotopic (exact) mass is 508 g/mol. The van der Waals surface area contributed by atoms with Crippen molar-refractivity contribution in [2.24, 2.45) is 0 Å². The van der Waals surface area contributed by atoms with E-state index >= 15 is 0 Å². The average molecular weight is 510 g/mol. The van der Waals surface area contributed by atoms with Crippen molar-refractivity contribution in [3.8, 4) is 11.6 Å². The van der Waals surface area contributed by atoms with Crippen molar-refractivity contribution in [3.05, 3.63) is 80.2 Å². The van der Waals surface area contributed by atoms with Crippen LogP contribution in [0.1, 0.15) is 0 Å². The molecule has 0 bridgehead atoms. The van der Waals surface area contributed by atoms with E-state index in [-0.39, 0.29) is 11.3 Å². The molecule has 4 aromatic heterocycles. The zero-order valence-electron chi connectivity index (χ0n) is 14.3. The number of hydrogen-bond acceptors (Lipinski definition) is 6. The zero-order valence-corrected chi connectivity index (χ0v) is 17.5. The van der Waals surface area contributed by atoms with E-state index < -0.39 is 5.56 Å². The lowest BCUT2D eigenvalue weighted by Crippen LogP contribution is -2.14. The van der Waals surface area contributed by atoms with Crippen molar-refractivity contribution in [1.29, 1.82) is 0 Å². The highest BCUT2D eigenvalue weighted by atomic mass is 79.9. The lowest BCUT2D eigenvalue weighted by atomic mass is 10.4. The van der Waals surface area contributed by atoms with E-state index in [0.29, 0.717) is 29.1 Å². The van der Waals surface area contributed by atoms with Crippen LogP contribution in [0, 0.1) is 0 Å². The fourth-order valence-corrected chi connectivity index (χ4v) is 2.79. The standard InChI is InChI=1S/C10H9BrN2O2.C8H5BrN2O2/c11-4-6-15-9-7-10(14)13-5-2-1-3-8(13)12-9;9-5-1-2-7-10-3-6(12)8(13)11(7)4-5/h1-3,5,7H,4,6H2;1-4,12H. The Kier molecular flexibility index (Phi) is 6.42. The molecule has 0 aliphatic rings. The Morgan fingerprint density at radius 3 is 2.71 bits per heavy atom. The van der Waals surface area contributed by atoms with Crippen LogP contribution in [0.15, 0.2) is 69.1 Å². The minimum absolute atomic E-state index is 0.134. The van der Waals surface area contributed by atoms with E-state index in [1.807, 2.05) is 6.07 Å². The lowest BCUT2D eigenvalue weighted by Gasteiger charge is -2.04. The molecule has 0 aliphatic carbocycles. The van der Waals surface area contributed by atoms with Crippen molar-refractivity contribution in [2.75, 3.05) is 11.9 Å². The van der Waals surface area contributed by atoms with Crippen molar-refractivity contribution in [2.45, 2.75) is 0 Å². The van der Waals surface area contributed by atoms with Crippen LogP contribution in [-0.4, -0.2) is 35.8 Å². The first-order chi connectivity index (χ1) is 13.5. The summed E-state index contributed by atoms with van der Waals surface area (Å²) in [6.07, 6.45) is 4.38. The average Bonchev–Trinajstić information content (AvgIpc) is 2.70. The van der Waals surface area contributed by atoms with Crippen molar-refractivity contribution in [3.63, 3.8) is 0 Å². The van der Waals surface area contributed by atoms with Gasteiger partial charge >= 0.3 is 0 Å². The van der Waals surface area contributed by atoms with E-state index in [1.165, 1.54) is 14.9 Å². The molecule has 28 heavy (non-hydrogen) atoms. The quantitative estimate of drug-likeness (QED) is 0.426. The summed E-state index contributed by atoms with van der Waals surface area (Å²) in [5.41, 5.74) is 0.497. The molecule has 4 heterocycles. The first-order valence-electron chi connectivity index (χ1n) is 8.02. The second kappa shape index (κ2) is 8.98. The number of alkyl halides is 1. The molecule has 0 spiro atoms. The number of fused-ring (bicyclic) bond motifs is 2. The van der Waals surface area contributed by atoms with Gasteiger partial charge in [-0.1, -0.05) is 22.0 Å². The maximum absolute atomic E-state index is 11.6. The van der Waals surface area contributed by atoms with Gasteiger partial charge in [0.1, 0.15) is 11.3 Å². The second-order valence-electron chi connectivity index (χ2n) is 5.42. The van der Waals surface area contributed by atoms with Gasteiger partial charge in [-0.25, -0.2) is 4.98 Å². The van der Waals surface area contributed by atoms with E-state index in [2.05, 4.69) is 41.8 Å². The SMILES string of the molecule is O=c1c(O)cnc2ccc(Br)cn12.O=c1cc(OCCBr)nc2ccccn12. The highest BCUT2D eigenvalue weighted by Crippen LogP contribution is 2.10. The molecule has 0 aliphatic heterocycles. The Balaban J connectivity index is 0.000000162. The minimum atomic E-state index is -0.466. The molecule has 4 aromatic rings. The Morgan fingerprint density at radius 2 is 1.93 bits per heavy atom. The molecule has 0 fully saturated rings. The highest BCUT2D eigenvalue weighted by Gasteiger charge is 2.02. The van der Waals surface area contributed by atoms with Gasteiger partial charge in [0.2, 0.25) is 11.6 Å². The number of nitrogens with zero attached hydrogens (tertiary/aromatic N) is 4. The third-order valence-electron chi connectivity index (χ3n) is 3.52. The Hall–Kier alpha value is -2.72. The number of hydrogen-bond donors (Lipinski definition) is 1. The van der Waals surface area contributed by atoms with Gasteiger partial charge in [-0.15, -0.1) is 0 Å². The summed E-state index contributed by atoms with van der Waals surface area (Å²) in [6.45, 7) is 0.495. The fraction of sp³-hybridized carbons (Fsp3) is 0.111. The van der Waals surface area contributed by atoms with Gasteiger partial charge in [0.15, 0.2) is 0 Å². The van der Waals surface area contributed by atoms with E-state index in [9.17, 15) is 9.59 Å². The number of rotatable bonds is 3. The molecule has 0 atom stereocenters. The summed E-state index contributed by atoms with van der Waals surface area (Å²) in [5.74, 6) is 0.0150. The summed E-state index contributed by atoms with van der Waals surface area (Å²) in [6, 6.07) is 10.2. The molecule has 0 saturated carbocycles. The third-order valence-corrected chi connectivity index (χ3v) is 4.32. The van der Waals surface area contributed by atoms with Crippen molar-refractivity contribution in [1.82, 2.24) is 18.8 Å². The van der Waals surface area contributed by atoms with Crippen LogP contribution < -0.4 is 15.9 Å². The topological polar surface area (TPSA) is 98.2 Å². The van der Waals surface area contributed by atoms with Crippen LogP contribution in [0.3, 0.4) is 0 Å². The predicted octanol–water partition coefficient (Wildman–Crippen LogP) is 2.63. The summed E-state index contributed by atoms with van der Waals surface area (Å²) in [5, 5.41) is 9.81. The number of aromatic nitrogens is 4. The molecule has 1 N–H and O–H groups in total. The zero-order chi connectivity index (χ0) is 20.1. The van der Waals surface area contributed by atoms with Gasteiger partial charge in [-0.05, 0) is 40.2 Å². The first-order valence-corrected chi connectivity index (χ1v) is 9.94. The second-order valence-corrected chi connectivity index (χ2v) is 7.13. The van der Waals surface area contributed by atoms with Gasteiger partial charge in [-0.3, -0.25) is 18.4 Å². The molecule has 4 rings (SSSR count). The summed E-state index contributed by atoms with van der Waals surface area (Å²) < 4.78 is 8.78. The largest absolute Gasteiger partial charge is 0.502 e. The molecule has 0 saturated heterocycles. The maximum Gasteiger partial charge on any atom is 0.300 e. The number of aromatic hydroxyl groups is 1. The van der Waals surface area contributed by atoms with Crippen LogP contribution in [0.4, 0.5) is 0 Å². The Bertz CT molecular complexity index is 1230. The molecule has 10 heteroatoms. The Labute approximate surface area is 175 Å². The van der Waals surface area contributed by atoms with Gasteiger partial charge in [0.25, 0.3) is 11.1 Å². The Morgan fingerprint density at radius 1 is 1.11 bits per heavy atom. The number of pyridine rings is 2. The molecular formula is C18H14Br2N4O4. The lowest BCUT2D eigenvalue weighted by molar-refractivity contribution is 0.331.